The van der Waals surface area contributed by atoms with Gasteiger partial charge in [0.2, 0.25) is 0 Å². The summed E-state index contributed by atoms with van der Waals surface area (Å²) in [6, 6.07) is 0. The molecular formula is C8H11BrN6. The third-order valence-electron chi connectivity index (χ3n) is 2.21. The predicted octanol–water partition coefficient (Wildman–Crippen LogP) is 0.658. The van der Waals surface area contributed by atoms with Gasteiger partial charge in [-0.25, -0.2) is 4.68 Å². The van der Waals surface area contributed by atoms with Gasteiger partial charge in [0, 0.05) is 18.6 Å². The number of nitrogens with zero attached hydrogens (tertiary/aromatic N) is 6. The van der Waals surface area contributed by atoms with Gasteiger partial charge < -0.3 is 4.57 Å². The molecule has 0 aliphatic heterocycles. The summed E-state index contributed by atoms with van der Waals surface area (Å²) in [5.74, 6) is 1.77. The van der Waals surface area contributed by atoms with Crippen LogP contribution in [0, 0.1) is 6.92 Å². The molecule has 15 heavy (non-hydrogen) atoms. The molecule has 0 fully saturated rings. The summed E-state index contributed by atoms with van der Waals surface area (Å²) in [7, 11) is 1.94. The van der Waals surface area contributed by atoms with E-state index < -0.39 is 0 Å². The first-order valence-electron chi connectivity index (χ1n) is 4.50. The minimum Gasteiger partial charge on any atom is -0.317 e. The van der Waals surface area contributed by atoms with Crippen molar-refractivity contribution in [3.8, 4) is 0 Å². The Bertz CT molecular complexity index is 459. The zero-order valence-electron chi connectivity index (χ0n) is 8.55. The van der Waals surface area contributed by atoms with E-state index in [1.807, 2.05) is 24.7 Å². The summed E-state index contributed by atoms with van der Waals surface area (Å²) in [5, 5.41) is 16.7. The molecule has 2 heterocycles. The van der Waals surface area contributed by atoms with E-state index in [0.29, 0.717) is 11.9 Å². The summed E-state index contributed by atoms with van der Waals surface area (Å²) < 4.78 is 3.69. The molecule has 0 amide bonds. The maximum atomic E-state index is 4.06. The number of hydrogen-bond acceptors (Lipinski definition) is 4. The van der Waals surface area contributed by atoms with Gasteiger partial charge in [0.25, 0.3) is 0 Å². The predicted molar refractivity (Wildman–Crippen MR) is 57.5 cm³/mol. The maximum absolute atomic E-state index is 4.06. The number of rotatable bonds is 3. The number of alkyl halides is 1. The SMILES string of the molecule is Cc1nnc(Cn2cc(CBr)nn2)n1C. The smallest absolute Gasteiger partial charge is 0.154 e. The third kappa shape index (κ3) is 2.06. The van der Waals surface area contributed by atoms with Crippen molar-refractivity contribution >= 4 is 15.9 Å². The van der Waals surface area contributed by atoms with E-state index in [2.05, 4.69) is 36.4 Å². The highest BCUT2D eigenvalue weighted by molar-refractivity contribution is 9.08. The molecule has 2 aromatic rings. The molecule has 7 heteroatoms. The zero-order chi connectivity index (χ0) is 10.8. The van der Waals surface area contributed by atoms with E-state index in [4.69, 9.17) is 0 Å². The standard InChI is InChI=1S/C8H11BrN6/c1-6-10-12-8(14(6)2)5-15-4-7(3-9)11-13-15/h4H,3,5H2,1-2H3. The van der Waals surface area contributed by atoms with E-state index in [1.54, 1.807) is 4.68 Å². The average molecular weight is 271 g/mol. The lowest BCUT2D eigenvalue weighted by atomic mass is 10.5. The summed E-state index contributed by atoms with van der Waals surface area (Å²) >= 11 is 3.33. The Morgan fingerprint density at radius 3 is 2.67 bits per heavy atom. The van der Waals surface area contributed by atoms with Gasteiger partial charge in [-0.15, -0.1) is 15.3 Å². The largest absolute Gasteiger partial charge is 0.317 e. The highest BCUT2D eigenvalue weighted by Crippen LogP contribution is 2.03. The fourth-order valence-electron chi connectivity index (χ4n) is 1.21. The average Bonchev–Trinajstić information content (AvgIpc) is 2.80. The van der Waals surface area contributed by atoms with Crippen LogP contribution < -0.4 is 0 Å². The molecule has 0 N–H and O–H groups in total. The number of aryl methyl sites for hydroxylation is 1. The van der Waals surface area contributed by atoms with Crippen LogP contribution >= 0.6 is 15.9 Å². The molecule has 0 bridgehead atoms. The van der Waals surface area contributed by atoms with Crippen molar-refractivity contribution in [2.24, 2.45) is 7.05 Å². The second kappa shape index (κ2) is 4.09. The van der Waals surface area contributed by atoms with Crippen LogP contribution in [0.5, 0.6) is 0 Å². The number of aromatic nitrogens is 6. The Kier molecular flexibility index (Phi) is 2.81. The molecule has 0 unspecified atom stereocenters. The van der Waals surface area contributed by atoms with E-state index in [-0.39, 0.29) is 0 Å². The van der Waals surface area contributed by atoms with Crippen molar-refractivity contribution in [1.29, 1.82) is 0 Å². The fourth-order valence-corrected chi connectivity index (χ4v) is 1.47. The van der Waals surface area contributed by atoms with Crippen molar-refractivity contribution in [2.45, 2.75) is 18.8 Å². The van der Waals surface area contributed by atoms with Gasteiger partial charge in [-0.05, 0) is 6.92 Å². The van der Waals surface area contributed by atoms with Gasteiger partial charge in [0.05, 0.1) is 5.69 Å². The van der Waals surface area contributed by atoms with Gasteiger partial charge in [-0.3, -0.25) is 0 Å². The van der Waals surface area contributed by atoms with Gasteiger partial charge in [0.1, 0.15) is 12.4 Å². The summed E-state index contributed by atoms with van der Waals surface area (Å²) in [5.41, 5.74) is 0.911. The van der Waals surface area contributed by atoms with Crippen LogP contribution in [0.3, 0.4) is 0 Å². The Morgan fingerprint density at radius 1 is 1.33 bits per heavy atom. The van der Waals surface area contributed by atoms with E-state index in [1.165, 1.54) is 0 Å². The Morgan fingerprint density at radius 2 is 2.13 bits per heavy atom. The summed E-state index contributed by atoms with van der Waals surface area (Å²) in [6.45, 7) is 2.51. The lowest BCUT2D eigenvalue weighted by Crippen LogP contribution is -2.07. The Balaban J connectivity index is 2.18. The van der Waals surface area contributed by atoms with Crippen LogP contribution in [0.1, 0.15) is 17.3 Å². The van der Waals surface area contributed by atoms with Crippen molar-refractivity contribution < 1.29 is 0 Å². The molecule has 0 saturated heterocycles. The quantitative estimate of drug-likeness (QED) is 0.769. The van der Waals surface area contributed by atoms with Crippen molar-refractivity contribution in [2.75, 3.05) is 0 Å². The number of halogens is 1. The fraction of sp³-hybridized carbons (Fsp3) is 0.500. The molecule has 0 saturated carbocycles. The van der Waals surface area contributed by atoms with Crippen LogP contribution in [0.15, 0.2) is 6.20 Å². The van der Waals surface area contributed by atoms with Crippen molar-refractivity contribution in [3.05, 3.63) is 23.5 Å². The minimum atomic E-state index is 0.595. The van der Waals surface area contributed by atoms with Crippen LogP contribution in [0.25, 0.3) is 0 Å². The molecule has 0 aromatic carbocycles. The normalized spacial score (nSPS) is 10.9. The van der Waals surface area contributed by atoms with Crippen molar-refractivity contribution in [3.63, 3.8) is 0 Å². The molecule has 0 aliphatic rings. The first-order valence-corrected chi connectivity index (χ1v) is 5.62. The van der Waals surface area contributed by atoms with Gasteiger partial charge >= 0.3 is 0 Å². The third-order valence-corrected chi connectivity index (χ3v) is 2.78. The monoisotopic (exact) mass is 270 g/mol. The van der Waals surface area contributed by atoms with Crippen LogP contribution in [-0.2, 0) is 18.9 Å². The van der Waals surface area contributed by atoms with E-state index in [0.717, 1.165) is 17.3 Å². The first-order chi connectivity index (χ1) is 7.20. The molecular weight excluding hydrogens is 260 g/mol. The van der Waals surface area contributed by atoms with E-state index in [9.17, 15) is 0 Å². The molecule has 0 radical (unpaired) electrons. The minimum absolute atomic E-state index is 0.595. The van der Waals surface area contributed by atoms with E-state index >= 15 is 0 Å². The molecule has 0 atom stereocenters. The van der Waals surface area contributed by atoms with Crippen molar-refractivity contribution in [1.82, 2.24) is 29.8 Å². The molecule has 6 nitrogen and oxygen atoms in total. The van der Waals surface area contributed by atoms with Crippen LogP contribution in [-0.4, -0.2) is 29.8 Å². The molecule has 80 valence electrons. The van der Waals surface area contributed by atoms with Gasteiger partial charge in [-0.2, -0.15) is 0 Å². The summed E-state index contributed by atoms with van der Waals surface area (Å²) in [4.78, 5) is 0. The van der Waals surface area contributed by atoms with Gasteiger partial charge in [-0.1, -0.05) is 21.1 Å². The lowest BCUT2D eigenvalue weighted by molar-refractivity contribution is 0.603. The molecule has 0 spiro atoms. The Labute approximate surface area is 95.4 Å². The molecule has 2 rings (SSSR count). The second-order valence-corrected chi connectivity index (χ2v) is 3.82. The van der Waals surface area contributed by atoms with Crippen LogP contribution in [0.2, 0.25) is 0 Å². The molecule has 2 aromatic heterocycles. The topological polar surface area (TPSA) is 61.4 Å². The maximum Gasteiger partial charge on any atom is 0.154 e. The highest BCUT2D eigenvalue weighted by atomic mass is 79.9. The zero-order valence-corrected chi connectivity index (χ0v) is 10.1. The molecule has 0 aliphatic carbocycles. The van der Waals surface area contributed by atoms with Crippen LogP contribution in [0.4, 0.5) is 0 Å². The van der Waals surface area contributed by atoms with Gasteiger partial charge in [0.15, 0.2) is 5.82 Å². The highest BCUT2D eigenvalue weighted by Gasteiger charge is 2.06. The second-order valence-electron chi connectivity index (χ2n) is 3.26. The first kappa shape index (κ1) is 10.3. The Hall–Kier alpha value is -1.24. The summed E-state index contributed by atoms with van der Waals surface area (Å²) in [6.07, 6.45) is 1.89. The lowest BCUT2D eigenvalue weighted by Gasteiger charge is -2.00. The number of hydrogen-bond donors (Lipinski definition) is 0.